The van der Waals surface area contributed by atoms with Crippen molar-refractivity contribution < 1.29 is 17.6 Å². The Morgan fingerprint density at radius 1 is 0.778 bits per heavy atom. The van der Waals surface area contributed by atoms with Gasteiger partial charge in [-0.3, -0.25) is 0 Å². The number of hydrogen-bond acceptors (Lipinski definition) is 0. The summed E-state index contributed by atoms with van der Waals surface area (Å²) in [4.78, 5) is -0.539. The first kappa shape index (κ1) is 13.1. The van der Waals surface area contributed by atoms with Gasteiger partial charge in [0.25, 0.3) is 0 Å². The van der Waals surface area contributed by atoms with Crippen LogP contribution in [0.1, 0.15) is 16.0 Å². The molecular formula is C13H7BrF4. The minimum Gasteiger partial charge on any atom is -0.207 e. The summed E-state index contributed by atoms with van der Waals surface area (Å²) in [5.41, 5.74) is 0.833. The first-order chi connectivity index (χ1) is 8.49. The molecule has 2 aromatic rings. The number of halogens is 5. The highest BCUT2D eigenvalue weighted by Gasteiger charge is 2.16. The minimum atomic E-state index is -1.50. The molecule has 0 fully saturated rings. The summed E-state index contributed by atoms with van der Waals surface area (Å²) in [7, 11) is 0. The molecule has 0 radical (unpaired) electrons. The van der Waals surface area contributed by atoms with Gasteiger partial charge in [0.15, 0.2) is 17.5 Å². The standard InChI is InChI=1S/C13H7BrF4/c14-12(7-1-3-9(15)4-2-7)8-5-10(16)13(18)11(17)6-8/h1-6,12H. The van der Waals surface area contributed by atoms with Gasteiger partial charge in [0.2, 0.25) is 0 Å². The van der Waals surface area contributed by atoms with Crippen LogP contribution in [-0.4, -0.2) is 0 Å². The van der Waals surface area contributed by atoms with Gasteiger partial charge in [0.1, 0.15) is 5.82 Å². The SMILES string of the molecule is Fc1ccc(C(Br)c2cc(F)c(F)c(F)c2)cc1. The molecule has 94 valence electrons. The third kappa shape index (κ3) is 2.56. The zero-order valence-electron chi connectivity index (χ0n) is 8.93. The van der Waals surface area contributed by atoms with Gasteiger partial charge in [-0.1, -0.05) is 28.1 Å². The Labute approximate surface area is 109 Å². The second kappa shape index (κ2) is 5.10. The first-order valence-corrected chi connectivity index (χ1v) is 5.94. The number of rotatable bonds is 2. The maximum absolute atomic E-state index is 13.1. The molecule has 0 heterocycles. The molecule has 18 heavy (non-hydrogen) atoms. The molecule has 2 rings (SSSR count). The largest absolute Gasteiger partial charge is 0.207 e. The van der Waals surface area contributed by atoms with Crippen LogP contribution in [0.15, 0.2) is 36.4 Å². The summed E-state index contributed by atoms with van der Waals surface area (Å²) in [6, 6.07) is 7.24. The molecule has 0 aliphatic carbocycles. The number of benzene rings is 2. The Balaban J connectivity index is 2.39. The molecule has 0 amide bonds. The predicted octanol–water partition coefficient (Wildman–Crippen LogP) is 4.73. The van der Waals surface area contributed by atoms with Crippen LogP contribution in [0.5, 0.6) is 0 Å². The molecule has 0 saturated carbocycles. The van der Waals surface area contributed by atoms with Gasteiger partial charge in [0, 0.05) is 0 Å². The second-order valence-corrected chi connectivity index (χ2v) is 4.63. The van der Waals surface area contributed by atoms with E-state index in [0.717, 1.165) is 12.1 Å². The molecule has 2 aromatic carbocycles. The fourth-order valence-corrected chi connectivity index (χ4v) is 2.12. The van der Waals surface area contributed by atoms with Gasteiger partial charge < -0.3 is 0 Å². The maximum Gasteiger partial charge on any atom is 0.194 e. The highest BCUT2D eigenvalue weighted by molar-refractivity contribution is 9.09. The lowest BCUT2D eigenvalue weighted by molar-refractivity contribution is 0.445. The zero-order valence-corrected chi connectivity index (χ0v) is 10.5. The quantitative estimate of drug-likeness (QED) is 0.427. The van der Waals surface area contributed by atoms with Crippen LogP contribution in [0, 0.1) is 23.3 Å². The van der Waals surface area contributed by atoms with E-state index in [1.54, 1.807) is 0 Å². The van der Waals surface area contributed by atoms with Crippen molar-refractivity contribution in [1.82, 2.24) is 0 Å². The molecule has 1 unspecified atom stereocenters. The van der Waals surface area contributed by atoms with E-state index >= 15 is 0 Å². The summed E-state index contributed by atoms with van der Waals surface area (Å²) >= 11 is 3.23. The van der Waals surface area contributed by atoms with Crippen molar-refractivity contribution in [3.8, 4) is 0 Å². The molecule has 5 heteroatoms. The van der Waals surface area contributed by atoms with Gasteiger partial charge in [-0.25, -0.2) is 17.6 Å². The predicted molar refractivity (Wildman–Crippen MR) is 63.5 cm³/mol. The van der Waals surface area contributed by atoms with Crippen LogP contribution in [0.2, 0.25) is 0 Å². The summed E-state index contributed by atoms with van der Waals surface area (Å²) < 4.78 is 51.7. The smallest absolute Gasteiger partial charge is 0.194 e. The Bertz CT molecular complexity index is 543. The molecule has 0 aliphatic rings. The monoisotopic (exact) mass is 318 g/mol. The Morgan fingerprint density at radius 3 is 1.78 bits per heavy atom. The van der Waals surface area contributed by atoms with E-state index in [1.807, 2.05) is 0 Å². The third-order valence-corrected chi connectivity index (χ3v) is 3.52. The van der Waals surface area contributed by atoms with Crippen LogP contribution in [0.25, 0.3) is 0 Å². The highest BCUT2D eigenvalue weighted by Crippen LogP contribution is 2.32. The molecule has 0 aromatic heterocycles. The van der Waals surface area contributed by atoms with Crippen LogP contribution in [0.4, 0.5) is 17.6 Å². The Morgan fingerprint density at radius 2 is 1.28 bits per heavy atom. The minimum absolute atomic E-state index is 0.220. The van der Waals surface area contributed by atoms with E-state index < -0.39 is 28.1 Å². The molecule has 0 aliphatic heterocycles. The van der Waals surface area contributed by atoms with Crippen molar-refractivity contribution in [2.75, 3.05) is 0 Å². The second-order valence-electron chi connectivity index (χ2n) is 3.71. The molecule has 1 atom stereocenters. The van der Waals surface area contributed by atoms with Crippen LogP contribution < -0.4 is 0 Å². The Kier molecular flexibility index (Phi) is 3.71. The molecule has 0 saturated heterocycles. The number of hydrogen-bond donors (Lipinski definition) is 0. The van der Waals surface area contributed by atoms with Crippen molar-refractivity contribution in [3.63, 3.8) is 0 Å². The lowest BCUT2D eigenvalue weighted by Crippen LogP contribution is -1.98. The van der Waals surface area contributed by atoms with Crippen molar-refractivity contribution in [2.45, 2.75) is 4.83 Å². The molecule has 0 nitrogen and oxygen atoms in total. The first-order valence-electron chi connectivity index (χ1n) is 5.03. The van der Waals surface area contributed by atoms with E-state index in [2.05, 4.69) is 15.9 Å². The average Bonchev–Trinajstić information content (AvgIpc) is 2.35. The summed E-state index contributed by atoms with van der Waals surface area (Å²) in [6.07, 6.45) is 0. The maximum atomic E-state index is 13.1. The summed E-state index contributed by atoms with van der Waals surface area (Å²) in [5, 5.41) is 0. The van der Waals surface area contributed by atoms with Crippen LogP contribution in [0.3, 0.4) is 0 Å². The summed E-state index contributed by atoms with van der Waals surface area (Å²) in [6.45, 7) is 0. The topological polar surface area (TPSA) is 0 Å². The van der Waals surface area contributed by atoms with E-state index in [1.165, 1.54) is 24.3 Å². The highest BCUT2D eigenvalue weighted by atomic mass is 79.9. The van der Waals surface area contributed by atoms with Gasteiger partial charge in [-0.2, -0.15) is 0 Å². The van der Waals surface area contributed by atoms with E-state index in [-0.39, 0.29) is 5.56 Å². The molecular weight excluding hydrogens is 312 g/mol. The van der Waals surface area contributed by atoms with Gasteiger partial charge in [-0.15, -0.1) is 0 Å². The van der Waals surface area contributed by atoms with Crippen molar-refractivity contribution >= 4 is 15.9 Å². The van der Waals surface area contributed by atoms with E-state index in [0.29, 0.717) is 5.56 Å². The van der Waals surface area contributed by atoms with Gasteiger partial charge in [0.05, 0.1) is 4.83 Å². The zero-order chi connectivity index (χ0) is 13.3. The van der Waals surface area contributed by atoms with Crippen molar-refractivity contribution in [2.24, 2.45) is 0 Å². The van der Waals surface area contributed by atoms with Gasteiger partial charge in [-0.05, 0) is 35.4 Å². The molecule has 0 spiro atoms. The summed E-state index contributed by atoms with van der Waals surface area (Å²) in [5.74, 6) is -4.42. The number of alkyl halides is 1. The van der Waals surface area contributed by atoms with E-state index in [4.69, 9.17) is 0 Å². The normalized spacial score (nSPS) is 12.5. The fourth-order valence-electron chi connectivity index (χ4n) is 1.55. The van der Waals surface area contributed by atoms with Crippen LogP contribution in [-0.2, 0) is 0 Å². The van der Waals surface area contributed by atoms with Crippen molar-refractivity contribution in [1.29, 1.82) is 0 Å². The molecule has 0 bridgehead atoms. The average molecular weight is 319 g/mol. The van der Waals surface area contributed by atoms with Crippen LogP contribution >= 0.6 is 15.9 Å². The lowest BCUT2D eigenvalue weighted by atomic mass is 10.0. The molecule has 0 N–H and O–H groups in total. The van der Waals surface area contributed by atoms with Gasteiger partial charge >= 0.3 is 0 Å². The van der Waals surface area contributed by atoms with Crippen molar-refractivity contribution in [3.05, 3.63) is 70.8 Å². The Hall–Kier alpha value is -1.36. The lowest BCUT2D eigenvalue weighted by Gasteiger charge is -2.11. The third-order valence-electron chi connectivity index (χ3n) is 2.46. The fraction of sp³-hybridized carbons (Fsp3) is 0.0769. The van der Waals surface area contributed by atoms with E-state index in [9.17, 15) is 17.6 Å².